The predicted octanol–water partition coefficient (Wildman–Crippen LogP) is 0.370. The van der Waals surface area contributed by atoms with Crippen LogP contribution in [0.5, 0.6) is 0 Å². The summed E-state index contributed by atoms with van der Waals surface area (Å²) in [5, 5.41) is 0. The number of rotatable bonds is 0. The van der Waals surface area contributed by atoms with Crippen molar-refractivity contribution in [2.75, 3.05) is 0 Å². The van der Waals surface area contributed by atoms with Crippen LogP contribution in [0.2, 0.25) is 0 Å². The third kappa shape index (κ3) is 0.907. The van der Waals surface area contributed by atoms with Gasteiger partial charge in [-0.1, -0.05) is 0 Å². The molecule has 1 saturated heterocycles. The van der Waals surface area contributed by atoms with Crippen molar-refractivity contribution >= 4 is 24.7 Å². The van der Waals surface area contributed by atoms with Gasteiger partial charge in [-0.3, -0.25) is 0 Å². The highest BCUT2D eigenvalue weighted by molar-refractivity contribution is 8.08. The molecule has 0 spiro atoms. The summed E-state index contributed by atoms with van der Waals surface area (Å²) >= 11 is 4.15. The second-order valence-corrected chi connectivity index (χ2v) is 3.59. The highest BCUT2D eigenvalue weighted by atomic mass is 32.5. The Balaban J connectivity index is 2.60. The molecular weight excluding hydrogens is 139 g/mol. The van der Waals surface area contributed by atoms with Crippen LogP contribution in [0.4, 0.5) is 4.79 Å². The molecule has 1 N–H and O–H groups in total. The smallest absolute Gasteiger partial charge is 0.349 e. The zero-order chi connectivity index (χ0) is 5.49. The molecule has 0 aromatic heterocycles. The maximum Gasteiger partial charge on any atom is 0.522 e. The van der Waals surface area contributed by atoms with Gasteiger partial charge in [0.1, 0.15) is 0 Å². The van der Waals surface area contributed by atoms with E-state index in [1.807, 2.05) is 0 Å². The van der Waals surface area contributed by atoms with E-state index in [4.69, 9.17) is 4.89 Å². The van der Waals surface area contributed by atoms with E-state index in [0.717, 1.165) is 0 Å². The molecule has 0 saturated carbocycles. The fourth-order valence-corrected chi connectivity index (χ4v) is 0.951. The summed E-state index contributed by atoms with van der Waals surface area (Å²) in [7, 11) is 0. The van der Waals surface area contributed by atoms with Crippen molar-refractivity contribution in [3.63, 3.8) is 0 Å². The van der Waals surface area contributed by atoms with Gasteiger partial charge in [-0.2, -0.15) is 0 Å². The Labute approximate surface area is 44.3 Å². The minimum absolute atomic E-state index is 0.883. The Kier molecular flexibility index (Phi) is 0.849. The fraction of sp³-hybridized carbons (Fsp3) is 0. The molecule has 0 bridgehead atoms. The van der Waals surface area contributed by atoms with Crippen molar-refractivity contribution in [3.8, 4) is 0 Å². The second kappa shape index (κ2) is 1.18. The van der Waals surface area contributed by atoms with Crippen molar-refractivity contribution in [1.29, 1.82) is 0 Å². The summed E-state index contributed by atoms with van der Waals surface area (Å²) < 4.78 is 7.89. The molecule has 1 fully saturated rings. The van der Waals surface area contributed by atoms with E-state index < -0.39 is 12.9 Å². The third-order valence-electron chi connectivity index (χ3n) is 0.380. The van der Waals surface area contributed by atoms with Gasteiger partial charge in [-0.15, -0.1) is 0 Å². The van der Waals surface area contributed by atoms with Gasteiger partial charge >= 0.3 is 12.9 Å². The Morgan fingerprint density at radius 2 is 2.14 bits per heavy atom. The lowest BCUT2D eigenvalue weighted by Gasteiger charge is -2.21. The lowest BCUT2D eigenvalue weighted by molar-refractivity contribution is 0.0954. The maximum absolute atomic E-state index is 9.67. The minimum atomic E-state index is -3.04. The molecule has 7 heavy (non-hydrogen) atoms. The van der Waals surface area contributed by atoms with E-state index in [1.165, 1.54) is 0 Å². The van der Waals surface area contributed by atoms with Crippen LogP contribution in [0.15, 0.2) is 0 Å². The molecule has 1 heterocycles. The van der Waals surface area contributed by atoms with Crippen molar-refractivity contribution in [2.24, 2.45) is 0 Å². The average Bonchev–Trinajstić information content (AvgIpc) is 1.27. The van der Waals surface area contributed by atoms with Gasteiger partial charge in [-0.05, 0) is 0 Å². The van der Waals surface area contributed by atoms with Gasteiger partial charge in [0, 0.05) is 11.8 Å². The lowest BCUT2D eigenvalue weighted by Crippen LogP contribution is -2.15. The Morgan fingerprint density at radius 1 is 1.71 bits per heavy atom. The molecule has 0 unspecified atom stereocenters. The van der Waals surface area contributed by atoms with Gasteiger partial charge in [0.05, 0.1) is 0 Å². The normalized spacial score (nSPS) is 24.4. The molecule has 0 aromatic rings. The number of carbonyl (C=O) groups excluding carboxylic acids is 1. The molecule has 1 aliphatic rings. The largest absolute Gasteiger partial charge is 0.522 e. The summed E-state index contributed by atoms with van der Waals surface area (Å²) in [6, 6.07) is 0. The quantitative estimate of drug-likeness (QED) is 0.492. The van der Waals surface area contributed by atoms with Gasteiger partial charge in [0.15, 0.2) is 0 Å². The summed E-state index contributed by atoms with van der Waals surface area (Å²) in [5.74, 6) is 0. The number of hydrogen-bond acceptors (Lipinski definition) is 4. The zero-order valence-electron chi connectivity index (χ0n) is 3.03. The van der Waals surface area contributed by atoms with Gasteiger partial charge < -0.3 is 13.9 Å². The van der Waals surface area contributed by atoms with Crippen LogP contribution in [-0.2, 0) is 20.9 Å². The van der Waals surface area contributed by atoms with E-state index in [2.05, 4.69) is 20.9 Å². The topological polar surface area (TPSA) is 55.8 Å². The highest BCUT2D eigenvalue weighted by Gasteiger charge is 2.37. The first-order valence-electron chi connectivity index (χ1n) is 1.36. The summed E-state index contributed by atoms with van der Waals surface area (Å²) in [5.41, 5.74) is 0. The van der Waals surface area contributed by atoms with Crippen LogP contribution in [0.25, 0.3) is 0 Å². The highest BCUT2D eigenvalue weighted by Crippen LogP contribution is 2.52. The van der Waals surface area contributed by atoms with E-state index in [1.54, 1.807) is 0 Å². The van der Waals surface area contributed by atoms with Crippen LogP contribution in [0, 0.1) is 0 Å². The standard InChI is InChI=1S/CHO4PS/c2-1-4-6(3,7)5-1/h(H,3,7). The maximum atomic E-state index is 9.67. The zero-order valence-corrected chi connectivity index (χ0v) is 4.74. The first-order chi connectivity index (χ1) is 3.10. The van der Waals surface area contributed by atoms with Crippen LogP contribution in [-0.4, -0.2) is 11.0 Å². The molecule has 1 rings (SSSR count). The first kappa shape index (κ1) is 5.03. The molecule has 0 radical (unpaired) electrons. The number of hydrogen-bond donors (Lipinski definition) is 1. The van der Waals surface area contributed by atoms with Crippen molar-refractivity contribution in [2.45, 2.75) is 0 Å². The average molecular weight is 140 g/mol. The van der Waals surface area contributed by atoms with Gasteiger partial charge in [0.25, 0.3) is 0 Å². The van der Waals surface area contributed by atoms with Gasteiger partial charge in [-0.25, -0.2) is 4.79 Å². The Morgan fingerprint density at radius 3 is 2.14 bits per heavy atom. The molecule has 0 amide bonds. The van der Waals surface area contributed by atoms with E-state index >= 15 is 0 Å². The molecule has 6 heteroatoms. The third-order valence-corrected chi connectivity index (χ3v) is 1.59. The van der Waals surface area contributed by atoms with Crippen molar-refractivity contribution in [3.05, 3.63) is 0 Å². The molecule has 40 valence electrons. The molecular formula is CHO4PS. The summed E-state index contributed by atoms with van der Waals surface area (Å²) in [4.78, 5) is 18.0. The SMILES string of the molecule is O=C1OP(O)(=S)O1. The molecule has 0 aliphatic carbocycles. The van der Waals surface area contributed by atoms with E-state index in [9.17, 15) is 4.79 Å². The summed E-state index contributed by atoms with van der Waals surface area (Å²) in [6.45, 7) is -3.04. The lowest BCUT2D eigenvalue weighted by atomic mass is 11.5. The van der Waals surface area contributed by atoms with Crippen LogP contribution in [0.1, 0.15) is 0 Å². The van der Waals surface area contributed by atoms with E-state index in [-0.39, 0.29) is 0 Å². The van der Waals surface area contributed by atoms with Crippen LogP contribution >= 0.6 is 6.72 Å². The molecule has 0 aromatic carbocycles. The monoisotopic (exact) mass is 140 g/mol. The fourth-order valence-electron chi connectivity index (χ4n) is 0.195. The van der Waals surface area contributed by atoms with E-state index in [0.29, 0.717) is 0 Å². The van der Waals surface area contributed by atoms with Crippen molar-refractivity contribution < 1.29 is 18.7 Å². The first-order valence-corrected chi connectivity index (χ1v) is 3.95. The van der Waals surface area contributed by atoms with Gasteiger partial charge in [0.2, 0.25) is 0 Å². The minimum Gasteiger partial charge on any atom is -0.349 e. The number of carbonyl (C=O) groups is 1. The Bertz CT molecular complexity index is 140. The van der Waals surface area contributed by atoms with Crippen LogP contribution < -0.4 is 0 Å². The molecule has 1 aliphatic heterocycles. The van der Waals surface area contributed by atoms with Crippen molar-refractivity contribution in [1.82, 2.24) is 0 Å². The predicted molar refractivity (Wildman–Crippen MR) is 24.1 cm³/mol. The molecule has 4 nitrogen and oxygen atoms in total. The van der Waals surface area contributed by atoms with Crippen LogP contribution in [0.3, 0.4) is 0 Å². The molecule has 0 atom stereocenters. The summed E-state index contributed by atoms with van der Waals surface area (Å²) in [6.07, 6.45) is -0.883. The second-order valence-electron chi connectivity index (χ2n) is 0.901. The Hall–Kier alpha value is -0.120.